The molecule has 0 bridgehead atoms. The van der Waals surface area contributed by atoms with Crippen molar-refractivity contribution < 1.29 is 9.34 Å². The van der Waals surface area contributed by atoms with E-state index < -0.39 is 4.92 Å². The summed E-state index contributed by atoms with van der Waals surface area (Å²) in [5.41, 5.74) is 11.0. The number of hydrogen-bond donors (Lipinski definition) is 2. The highest BCUT2D eigenvalue weighted by atomic mass is 32.2. The number of thioether (sulfide) groups is 1. The SMILES string of the molecule is Nc1cc(N)nc(SCc2ccc([N+](=O)[O-])o2)n1. The third-order valence-electron chi connectivity index (χ3n) is 1.92. The first-order valence-corrected chi connectivity index (χ1v) is 5.79. The first-order valence-electron chi connectivity index (χ1n) is 4.80. The van der Waals surface area contributed by atoms with Gasteiger partial charge in [-0.15, -0.1) is 0 Å². The molecule has 18 heavy (non-hydrogen) atoms. The van der Waals surface area contributed by atoms with E-state index in [0.29, 0.717) is 16.7 Å². The number of nitrogens with two attached hydrogens (primary N) is 2. The number of nitrogens with zero attached hydrogens (tertiary/aromatic N) is 3. The molecule has 0 aliphatic carbocycles. The molecule has 2 rings (SSSR count). The van der Waals surface area contributed by atoms with E-state index in [4.69, 9.17) is 15.9 Å². The van der Waals surface area contributed by atoms with Gasteiger partial charge in [-0.3, -0.25) is 10.1 Å². The van der Waals surface area contributed by atoms with Crippen LogP contribution in [-0.2, 0) is 5.75 Å². The Morgan fingerprint density at radius 2 is 2.00 bits per heavy atom. The number of anilines is 2. The predicted octanol–water partition coefficient (Wildman–Crippen LogP) is 1.43. The van der Waals surface area contributed by atoms with Crippen molar-refractivity contribution in [2.45, 2.75) is 10.9 Å². The highest BCUT2D eigenvalue weighted by Gasteiger charge is 2.12. The molecule has 0 saturated heterocycles. The van der Waals surface area contributed by atoms with Gasteiger partial charge in [0.2, 0.25) is 0 Å². The number of furan rings is 1. The Labute approximate surface area is 106 Å². The molecule has 0 spiro atoms. The summed E-state index contributed by atoms with van der Waals surface area (Å²) < 4.78 is 4.99. The maximum absolute atomic E-state index is 10.4. The summed E-state index contributed by atoms with van der Waals surface area (Å²) in [7, 11) is 0. The first kappa shape index (κ1) is 12.2. The summed E-state index contributed by atoms with van der Waals surface area (Å²) >= 11 is 1.23. The van der Waals surface area contributed by atoms with Crippen molar-refractivity contribution >= 4 is 29.3 Å². The molecule has 0 saturated carbocycles. The molecule has 2 aromatic rings. The van der Waals surface area contributed by atoms with Gasteiger partial charge in [0.15, 0.2) is 5.16 Å². The van der Waals surface area contributed by atoms with Gasteiger partial charge in [0.05, 0.1) is 11.8 Å². The van der Waals surface area contributed by atoms with Crippen molar-refractivity contribution in [3.05, 3.63) is 34.1 Å². The zero-order chi connectivity index (χ0) is 13.1. The summed E-state index contributed by atoms with van der Waals surface area (Å²) in [6, 6.07) is 4.27. The second-order valence-electron chi connectivity index (χ2n) is 3.29. The summed E-state index contributed by atoms with van der Waals surface area (Å²) in [4.78, 5) is 17.8. The molecule has 0 fully saturated rings. The van der Waals surface area contributed by atoms with Crippen LogP contribution in [0.2, 0.25) is 0 Å². The molecule has 2 aromatic heterocycles. The topological polar surface area (TPSA) is 134 Å². The van der Waals surface area contributed by atoms with Crippen LogP contribution >= 0.6 is 11.8 Å². The van der Waals surface area contributed by atoms with Gasteiger partial charge < -0.3 is 15.9 Å². The van der Waals surface area contributed by atoms with Gasteiger partial charge in [0.25, 0.3) is 0 Å². The summed E-state index contributed by atoms with van der Waals surface area (Å²) in [6.07, 6.45) is 0. The molecule has 0 amide bonds. The van der Waals surface area contributed by atoms with E-state index in [0.717, 1.165) is 0 Å². The smallest absolute Gasteiger partial charge is 0.405 e. The molecule has 0 aliphatic rings. The van der Waals surface area contributed by atoms with E-state index in [9.17, 15) is 10.1 Å². The third kappa shape index (κ3) is 2.88. The molecule has 2 heterocycles. The van der Waals surface area contributed by atoms with E-state index in [-0.39, 0.29) is 17.5 Å². The van der Waals surface area contributed by atoms with Gasteiger partial charge in [0, 0.05) is 6.07 Å². The maximum Gasteiger partial charge on any atom is 0.433 e. The van der Waals surface area contributed by atoms with Gasteiger partial charge in [-0.25, -0.2) is 9.97 Å². The van der Waals surface area contributed by atoms with Crippen LogP contribution in [0, 0.1) is 10.1 Å². The van der Waals surface area contributed by atoms with E-state index in [1.165, 1.54) is 30.0 Å². The summed E-state index contributed by atoms with van der Waals surface area (Å²) in [5, 5.41) is 10.8. The molecule has 94 valence electrons. The van der Waals surface area contributed by atoms with Gasteiger partial charge in [-0.05, 0) is 6.07 Å². The van der Waals surface area contributed by atoms with Crippen LogP contribution in [0.25, 0.3) is 0 Å². The molecule has 0 radical (unpaired) electrons. The fraction of sp³-hybridized carbons (Fsp3) is 0.111. The van der Waals surface area contributed by atoms with Gasteiger partial charge >= 0.3 is 5.88 Å². The average molecular weight is 267 g/mol. The van der Waals surface area contributed by atoms with Crippen LogP contribution in [0.15, 0.2) is 27.8 Å². The average Bonchev–Trinajstić information content (AvgIpc) is 2.73. The number of aromatic nitrogens is 2. The lowest BCUT2D eigenvalue weighted by atomic mass is 10.5. The Morgan fingerprint density at radius 1 is 1.33 bits per heavy atom. The summed E-state index contributed by atoms with van der Waals surface area (Å²) in [6.45, 7) is 0. The lowest BCUT2D eigenvalue weighted by Crippen LogP contribution is -1.99. The van der Waals surface area contributed by atoms with Crippen molar-refractivity contribution in [3.63, 3.8) is 0 Å². The second kappa shape index (κ2) is 4.92. The summed E-state index contributed by atoms with van der Waals surface area (Å²) in [5.74, 6) is 1.07. The number of rotatable bonds is 4. The molecule has 9 heteroatoms. The minimum Gasteiger partial charge on any atom is -0.405 e. The second-order valence-corrected chi connectivity index (χ2v) is 4.23. The van der Waals surface area contributed by atoms with Crippen LogP contribution in [0.5, 0.6) is 0 Å². The molecule has 0 aromatic carbocycles. The van der Waals surface area contributed by atoms with Crippen molar-refractivity contribution in [1.29, 1.82) is 0 Å². The quantitative estimate of drug-likeness (QED) is 0.367. The largest absolute Gasteiger partial charge is 0.433 e. The number of nitrogen functional groups attached to an aromatic ring is 2. The molecular formula is C9H9N5O3S. The third-order valence-corrected chi connectivity index (χ3v) is 2.79. The van der Waals surface area contributed by atoms with E-state index in [1.807, 2.05) is 0 Å². The van der Waals surface area contributed by atoms with Crippen LogP contribution in [0.3, 0.4) is 0 Å². The van der Waals surface area contributed by atoms with E-state index >= 15 is 0 Å². The fourth-order valence-electron chi connectivity index (χ4n) is 1.20. The molecule has 0 atom stereocenters. The van der Waals surface area contributed by atoms with Crippen molar-refractivity contribution in [3.8, 4) is 0 Å². The molecule has 8 nitrogen and oxygen atoms in total. The normalized spacial score (nSPS) is 10.4. The van der Waals surface area contributed by atoms with E-state index in [1.54, 1.807) is 0 Å². The minimum absolute atomic E-state index is 0.274. The standard InChI is InChI=1S/C9H9N5O3S/c10-6-3-7(11)13-9(12-6)18-4-5-1-2-8(17-5)14(15)16/h1-3H,4H2,(H4,10,11,12,13). The van der Waals surface area contributed by atoms with Gasteiger partial charge in [-0.1, -0.05) is 11.8 Å². The maximum atomic E-state index is 10.4. The molecule has 0 aliphatic heterocycles. The highest BCUT2D eigenvalue weighted by Crippen LogP contribution is 2.24. The fourth-order valence-corrected chi connectivity index (χ4v) is 1.97. The van der Waals surface area contributed by atoms with Crippen LogP contribution in [0.4, 0.5) is 17.5 Å². The zero-order valence-electron chi connectivity index (χ0n) is 9.07. The van der Waals surface area contributed by atoms with Crippen molar-refractivity contribution in [2.75, 3.05) is 11.5 Å². The highest BCUT2D eigenvalue weighted by molar-refractivity contribution is 7.98. The van der Waals surface area contributed by atoms with E-state index in [2.05, 4.69) is 9.97 Å². The molecule has 0 unspecified atom stereocenters. The van der Waals surface area contributed by atoms with Crippen LogP contribution in [-0.4, -0.2) is 14.9 Å². The number of hydrogen-bond acceptors (Lipinski definition) is 8. The van der Waals surface area contributed by atoms with Gasteiger partial charge in [-0.2, -0.15) is 0 Å². The van der Waals surface area contributed by atoms with Crippen molar-refractivity contribution in [2.24, 2.45) is 0 Å². The van der Waals surface area contributed by atoms with Crippen LogP contribution < -0.4 is 11.5 Å². The predicted molar refractivity (Wildman–Crippen MR) is 65.8 cm³/mol. The molecule has 4 N–H and O–H groups in total. The Morgan fingerprint density at radius 3 is 2.56 bits per heavy atom. The Hall–Kier alpha value is -2.29. The van der Waals surface area contributed by atoms with Crippen LogP contribution in [0.1, 0.15) is 5.76 Å². The molecular weight excluding hydrogens is 258 g/mol. The Bertz CT molecular complexity index is 565. The van der Waals surface area contributed by atoms with Crippen molar-refractivity contribution in [1.82, 2.24) is 9.97 Å². The lowest BCUT2D eigenvalue weighted by Gasteiger charge is -2.00. The van der Waals surface area contributed by atoms with Gasteiger partial charge in [0.1, 0.15) is 22.3 Å². The minimum atomic E-state index is -0.594. The zero-order valence-corrected chi connectivity index (χ0v) is 9.88. The first-order chi connectivity index (χ1) is 8.54. The Balaban J connectivity index is 2.04. The monoisotopic (exact) mass is 267 g/mol. The lowest BCUT2D eigenvalue weighted by molar-refractivity contribution is -0.402. The number of nitro groups is 1. The Kier molecular flexibility index (Phi) is 3.33.